The van der Waals surface area contributed by atoms with Gasteiger partial charge in [-0.3, -0.25) is 0 Å². The van der Waals surface area contributed by atoms with Crippen LogP contribution in [-0.2, 0) is 0 Å². The van der Waals surface area contributed by atoms with Crippen molar-refractivity contribution in [3.05, 3.63) is 58.6 Å². The number of aromatic nitrogens is 1. The molecule has 0 saturated heterocycles. The summed E-state index contributed by atoms with van der Waals surface area (Å²) in [6.07, 6.45) is 0. The van der Waals surface area contributed by atoms with Crippen LogP contribution in [0.15, 0.2) is 62.9 Å². The van der Waals surface area contributed by atoms with Crippen LogP contribution in [0.25, 0.3) is 10.9 Å². The Morgan fingerprint density at radius 2 is 1.95 bits per heavy atom. The molecule has 21 heavy (non-hydrogen) atoms. The van der Waals surface area contributed by atoms with Crippen molar-refractivity contribution >= 4 is 38.6 Å². The smallest absolute Gasteiger partial charge is 0.0780 e. The van der Waals surface area contributed by atoms with Crippen LogP contribution in [0.3, 0.4) is 0 Å². The number of fused-ring (bicyclic) bond motifs is 1. The molecule has 2 N–H and O–H groups in total. The zero-order chi connectivity index (χ0) is 14.8. The third kappa shape index (κ3) is 3.18. The minimum Gasteiger partial charge on any atom is -0.349 e. The first kappa shape index (κ1) is 14.7. The Labute approximate surface area is 137 Å². The van der Waals surface area contributed by atoms with E-state index < -0.39 is 0 Å². The van der Waals surface area contributed by atoms with Crippen LogP contribution in [0.4, 0.5) is 0 Å². The van der Waals surface area contributed by atoms with E-state index in [0.29, 0.717) is 6.04 Å². The molecule has 0 saturated carbocycles. The van der Waals surface area contributed by atoms with Gasteiger partial charge in [-0.25, -0.2) is 0 Å². The molecule has 0 fully saturated rings. The van der Waals surface area contributed by atoms with E-state index in [1.807, 2.05) is 7.05 Å². The Morgan fingerprint density at radius 3 is 2.67 bits per heavy atom. The fourth-order valence-corrected chi connectivity index (χ4v) is 4.09. The number of rotatable bonds is 4. The van der Waals surface area contributed by atoms with Crippen LogP contribution in [0, 0.1) is 0 Å². The summed E-state index contributed by atoms with van der Waals surface area (Å²) in [5.74, 6) is 0. The summed E-state index contributed by atoms with van der Waals surface area (Å²) in [5.41, 5.74) is 2.46. The average molecular weight is 361 g/mol. The molecule has 0 aliphatic rings. The number of hydrogen-bond acceptors (Lipinski definition) is 2. The van der Waals surface area contributed by atoms with Gasteiger partial charge in [0.1, 0.15) is 0 Å². The van der Waals surface area contributed by atoms with Gasteiger partial charge in [0.05, 0.1) is 5.03 Å². The summed E-state index contributed by atoms with van der Waals surface area (Å²) < 4.78 is 1.14. The maximum atomic E-state index is 3.67. The number of hydrogen-bond donors (Lipinski definition) is 2. The van der Waals surface area contributed by atoms with E-state index in [9.17, 15) is 0 Å². The summed E-state index contributed by atoms with van der Waals surface area (Å²) in [5, 5.41) is 5.68. The largest absolute Gasteiger partial charge is 0.349 e. The minimum atomic E-state index is 0.339. The van der Waals surface area contributed by atoms with Crippen molar-refractivity contribution < 1.29 is 0 Å². The molecule has 2 nitrogen and oxygen atoms in total. The van der Waals surface area contributed by atoms with E-state index in [2.05, 4.69) is 81.7 Å². The van der Waals surface area contributed by atoms with Crippen LogP contribution in [0.1, 0.15) is 18.5 Å². The summed E-state index contributed by atoms with van der Waals surface area (Å²) in [4.78, 5) is 4.67. The third-order valence-corrected chi connectivity index (χ3v) is 5.22. The Morgan fingerprint density at radius 1 is 1.14 bits per heavy atom. The lowest BCUT2D eigenvalue weighted by atomic mass is 10.1. The zero-order valence-electron chi connectivity index (χ0n) is 12.0. The van der Waals surface area contributed by atoms with Crippen LogP contribution < -0.4 is 5.32 Å². The highest BCUT2D eigenvalue weighted by molar-refractivity contribution is 9.10. The second kappa shape index (κ2) is 6.26. The number of aromatic amines is 1. The zero-order valence-corrected chi connectivity index (χ0v) is 14.4. The van der Waals surface area contributed by atoms with Crippen molar-refractivity contribution in [3.63, 3.8) is 0 Å². The normalized spacial score (nSPS) is 12.7. The molecule has 1 atom stereocenters. The molecule has 0 aliphatic carbocycles. The van der Waals surface area contributed by atoms with Crippen molar-refractivity contribution in [2.45, 2.75) is 22.9 Å². The second-order valence-corrected chi connectivity index (χ2v) is 6.99. The SMILES string of the molecule is CNC(C)c1ccc(Sc2cc3ccccc3[nH]2)cc1Br. The molecule has 4 heteroatoms. The highest BCUT2D eigenvalue weighted by atomic mass is 79.9. The van der Waals surface area contributed by atoms with E-state index in [-0.39, 0.29) is 0 Å². The lowest BCUT2D eigenvalue weighted by molar-refractivity contribution is 0.649. The monoisotopic (exact) mass is 360 g/mol. The molecule has 3 aromatic rings. The number of para-hydroxylation sites is 1. The summed E-state index contributed by atoms with van der Waals surface area (Å²) >= 11 is 5.42. The molecule has 108 valence electrons. The van der Waals surface area contributed by atoms with Gasteiger partial charge in [-0.05, 0) is 43.8 Å². The summed E-state index contributed by atoms with van der Waals surface area (Å²) in [6, 6.07) is 17.4. The van der Waals surface area contributed by atoms with Crippen molar-refractivity contribution in [3.8, 4) is 0 Å². The molecule has 0 amide bonds. The number of nitrogens with one attached hydrogen (secondary N) is 2. The molecule has 1 unspecified atom stereocenters. The van der Waals surface area contributed by atoms with E-state index >= 15 is 0 Å². The van der Waals surface area contributed by atoms with Gasteiger partial charge in [0.25, 0.3) is 0 Å². The van der Waals surface area contributed by atoms with Crippen molar-refractivity contribution in [1.82, 2.24) is 10.3 Å². The first-order valence-corrected chi connectivity index (χ1v) is 8.50. The molecule has 0 bridgehead atoms. The second-order valence-electron chi connectivity index (χ2n) is 5.02. The molecule has 2 aromatic carbocycles. The van der Waals surface area contributed by atoms with Gasteiger partial charge in [0.15, 0.2) is 0 Å². The van der Waals surface area contributed by atoms with Gasteiger partial charge in [-0.1, -0.05) is 52.0 Å². The molecule has 0 aliphatic heterocycles. The van der Waals surface area contributed by atoms with Gasteiger partial charge < -0.3 is 10.3 Å². The van der Waals surface area contributed by atoms with E-state index in [0.717, 1.165) is 9.50 Å². The number of benzene rings is 2. The predicted molar refractivity (Wildman–Crippen MR) is 94.0 cm³/mol. The third-order valence-electron chi connectivity index (χ3n) is 3.60. The Hall–Kier alpha value is -1.23. The van der Waals surface area contributed by atoms with Crippen molar-refractivity contribution in [2.24, 2.45) is 0 Å². The van der Waals surface area contributed by atoms with Crippen molar-refractivity contribution in [2.75, 3.05) is 7.05 Å². The first-order chi connectivity index (χ1) is 10.2. The summed E-state index contributed by atoms with van der Waals surface area (Å²) in [7, 11) is 1.98. The molecule has 0 spiro atoms. The Balaban J connectivity index is 1.86. The highest BCUT2D eigenvalue weighted by Gasteiger charge is 2.09. The maximum Gasteiger partial charge on any atom is 0.0780 e. The summed E-state index contributed by atoms with van der Waals surface area (Å²) in [6.45, 7) is 2.16. The number of halogens is 1. The van der Waals surface area contributed by atoms with Crippen LogP contribution >= 0.6 is 27.7 Å². The van der Waals surface area contributed by atoms with E-state index in [1.165, 1.54) is 21.4 Å². The molecule has 1 aromatic heterocycles. The lowest BCUT2D eigenvalue weighted by Gasteiger charge is -2.13. The first-order valence-electron chi connectivity index (χ1n) is 6.89. The van der Waals surface area contributed by atoms with E-state index in [1.54, 1.807) is 11.8 Å². The van der Waals surface area contributed by atoms with Gasteiger partial charge in [-0.2, -0.15) is 0 Å². The standard InChI is InChI=1S/C17H17BrN2S/c1-11(19-2)14-8-7-13(10-15(14)18)21-17-9-12-5-3-4-6-16(12)20-17/h3-11,19-20H,1-2H3. The minimum absolute atomic E-state index is 0.339. The van der Waals surface area contributed by atoms with Gasteiger partial charge in [0, 0.05) is 26.3 Å². The molecule has 3 rings (SSSR count). The Kier molecular flexibility index (Phi) is 4.38. The highest BCUT2D eigenvalue weighted by Crippen LogP contribution is 2.33. The lowest BCUT2D eigenvalue weighted by Crippen LogP contribution is -2.12. The van der Waals surface area contributed by atoms with Crippen LogP contribution in [-0.4, -0.2) is 12.0 Å². The number of H-pyrrole nitrogens is 1. The van der Waals surface area contributed by atoms with E-state index in [4.69, 9.17) is 0 Å². The van der Waals surface area contributed by atoms with Gasteiger partial charge >= 0.3 is 0 Å². The predicted octanol–water partition coefficient (Wildman–Crippen LogP) is 5.36. The van der Waals surface area contributed by atoms with Gasteiger partial charge in [0.2, 0.25) is 0 Å². The van der Waals surface area contributed by atoms with Crippen LogP contribution in [0.5, 0.6) is 0 Å². The average Bonchev–Trinajstić information content (AvgIpc) is 2.88. The fourth-order valence-electron chi connectivity index (χ4n) is 2.31. The van der Waals surface area contributed by atoms with Gasteiger partial charge in [-0.15, -0.1) is 0 Å². The van der Waals surface area contributed by atoms with Crippen molar-refractivity contribution in [1.29, 1.82) is 0 Å². The molecular weight excluding hydrogens is 344 g/mol. The molecule has 0 radical (unpaired) electrons. The topological polar surface area (TPSA) is 27.8 Å². The fraction of sp³-hybridized carbons (Fsp3) is 0.176. The molecule has 1 heterocycles. The quantitative estimate of drug-likeness (QED) is 0.655. The molecular formula is C17H17BrN2S. The van der Waals surface area contributed by atoms with Crippen LogP contribution in [0.2, 0.25) is 0 Å². The maximum absolute atomic E-state index is 3.67. The Bertz CT molecular complexity index is 733.